The highest BCUT2D eigenvalue weighted by molar-refractivity contribution is 5.29. The van der Waals surface area contributed by atoms with Crippen molar-refractivity contribution in [2.24, 2.45) is 0 Å². The lowest BCUT2D eigenvalue weighted by atomic mass is 9.91. The molecule has 104 valence electrons. The molecule has 0 spiro atoms. The largest absolute Gasteiger partial charge is 0.316 e. The first kappa shape index (κ1) is 13.3. The van der Waals surface area contributed by atoms with Crippen molar-refractivity contribution in [3.05, 3.63) is 59.2 Å². The molecule has 0 saturated carbocycles. The zero-order valence-electron chi connectivity index (χ0n) is 12.0. The van der Waals surface area contributed by atoms with Gasteiger partial charge >= 0.3 is 0 Å². The number of hydrogen-bond acceptors (Lipinski definition) is 3. The monoisotopic (exact) mass is 267 g/mol. The lowest BCUT2D eigenvalue weighted by molar-refractivity contribution is 0.451. The van der Waals surface area contributed by atoms with Crippen LogP contribution in [-0.4, -0.2) is 23.1 Å². The van der Waals surface area contributed by atoms with Gasteiger partial charge in [0.15, 0.2) is 0 Å². The van der Waals surface area contributed by atoms with Crippen LogP contribution in [0.4, 0.5) is 0 Å². The molecule has 2 aromatic rings. The van der Waals surface area contributed by atoms with Crippen molar-refractivity contribution >= 4 is 0 Å². The summed E-state index contributed by atoms with van der Waals surface area (Å²) in [6.45, 7) is 4.15. The SMILES string of the molecule is Cc1ncc(Cc2ccccc2)c(C2CCCNC2)n1. The summed E-state index contributed by atoms with van der Waals surface area (Å²) in [6, 6.07) is 10.6. The Kier molecular flexibility index (Phi) is 4.07. The van der Waals surface area contributed by atoms with Crippen LogP contribution in [0.1, 0.15) is 41.4 Å². The predicted octanol–water partition coefficient (Wildman–Crippen LogP) is 2.84. The highest BCUT2D eigenvalue weighted by Crippen LogP contribution is 2.25. The molecule has 3 rings (SSSR count). The van der Waals surface area contributed by atoms with Gasteiger partial charge in [0.05, 0.1) is 5.69 Å². The molecule has 1 aliphatic rings. The minimum atomic E-state index is 0.532. The number of hydrogen-bond donors (Lipinski definition) is 1. The van der Waals surface area contributed by atoms with E-state index < -0.39 is 0 Å². The number of nitrogens with zero attached hydrogens (tertiary/aromatic N) is 2. The highest BCUT2D eigenvalue weighted by Gasteiger charge is 2.20. The first-order valence-electron chi connectivity index (χ1n) is 7.40. The fourth-order valence-corrected chi connectivity index (χ4v) is 2.90. The molecular weight excluding hydrogens is 246 g/mol. The van der Waals surface area contributed by atoms with Gasteiger partial charge in [0, 0.05) is 25.1 Å². The molecule has 1 aromatic heterocycles. The second-order valence-corrected chi connectivity index (χ2v) is 5.53. The van der Waals surface area contributed by atoms with Gasteiger partial charge in [-0.05, 0) is 37.4 Å². The molecule has 3 heteroatoms. The number of benzene rings is 1. The van der Waals surface area contributed by atoms with Crippen LogP contribution in [0.2, 0.25) is 0 Å². The normalized spacial score (nSPS) is 18.9. The van der Waals surface area contributed by atoms with Crippen molar-refractivity contribution in [1.82, 2.24) is 15.3 Å². The number of rotatable bonds is 3. The van der Waals surface area contributed by atoms with Crippen molar-refractivity contribution in [3.8, 4) is 0 Å². The lowest BCUT2D eigenvalue weighted by Crippen LogP contribution is -2.29. The maximum absolute atomic E-state index is 4.74. The Hall–Kier alpha value is -1.74. The Labute approximate surface area is 120 Å². The number of aryl methyl sites for hydroxylation is 1. The molecule has 1 aliphatic heterocycles. The molecule has 1 N–H and O–H groups in total. The molecule has 0 bridgehead atoms. The summed E-state index contributed by atoms with van der Waals surface area (Å²) in [6.07, 6.45) is 5.40. The average Bonchev–Trinajstić information content (AvgIpc) is 2.51. The summed E-state index contributed by atoms with van der Waals surface area (Å²) in [4.78, 5) is 9.14. The molecule has 1 aromatic carbocycles. The van der Waals surface area contributed by atoms with Crippen LogP contribution in [0.15, 0.2) is 36.5 Å². The Balaban J connectivity index is 1.89. The maximum atomic E-state index is 4.74. The van der Waals surface area contributed by atoms with Crippen LogP contribution in [0.25, 0.3) is 0 Å². The van der Waals surface area contributed by atoms with E-state index in [2.05, 4.69) is 40.6 Å². The number of nitrogens with one attached hydrogen (secondary N) is 1. The van der Waals surface area contributed by atoms with Gasteiger partial charge in [-0.2, -0.15) is 0 Å². The minimum Gasteiger partial charge on any atom is -0.316 e. The van der Waals surface area contributed by atoms with Gasteiger partial charge in [0.25, 0.3) is 0 Å². The summed E-state index contributed by atoms with van der Waals surface area (Å²) < 4.78 is 0. The van der Waals surface area contributed by atoms with Crippen molar-refractivity contribution in [2.45, 2.75) is 32.1 Å². The van der Waals surface area contributed by atoms with Crippen LogP contribution in [0.3, 0.4) is 0 Å². The summed E-state index contributed by atoms with van der Waals surface area (Å²) >= 11 is 0. The van der Waals surface area contributed by atoms with Crippen molar-refractivity contribution < 1.29 is 0 Å². The Bertz CT molecular complexity index is 560. The van der Waals surface area contributed by atoms with Crippen LogP contribution in [0.5, 0.6) is 0 Å². The fourth-order valence-electron chi connectivity index (χ4n) is 2.90. The van der Waals surface area contributed by atoms with Crippen LogP contribution in [-0.2, 0) is 6.42 Å². The Morgan fingerprint density at radius 2 is 2.10 bits per heavy atom. The third-order valence-electron chi connectivity index (χ3n) is 3.94. The second-order valence-electron chi connectivity index (χ2n) is 5.53. The van der Waals surface area contributed by atoms with E-state index in [9.17, 15) is 0 Å². The van der Waals surface area contributed by atoms with E-state index in [1.807, 2.05) is 13.1 Å². The standard InChI is InChI=1S/C17H21N3/c1-13-19-12-16(10-14-6-3-2-4-7-14)17(20-13)15-8-5-9-18-11-15/h2-4,6-7,12,15,18H,5,8-11H2,1H3. The number of aromatic nitrogens is 2. The smallest absolute Gasteiger partial charge is 0.125 e. The van der Waals surface area contributed by atoms with Gasteiger partial charge in [-0.25, -0.2) is 9.97 Å². The average molecular weight is 267 g/mol. The van der Waals surface area contributed by atoms with E-state index >= 15 is 0 Å². The van der Waals surface area contributed by atoms with Gasteiger partial charge in [0.1, 0.15) is 5.82 Å². The highest BCUT2D eigenvalue weighted by atomic mass is 14.9. The maximum Gasteiger partial charge on any atom is 0.125 e. The topological polar surface area (TPSA) is 37.8 Å². The van der Waals surface area contributed by atoms with Gasteiger partial charge in [-0.1, -0.05) is 30.3 Å². The van der Waals surface area contributed by atoms with Gasteiger partial charge in [-0.3, -0.25) is 0 Å². The van der Waals surface area contributed by atoms with Crippen molar-refractivity contribution in [1.29, 1.82) is 0 Å². The molecule has 2 heterocycles. The van der Waals surface area contributed by atoms with E-state index in [1.165, 1.54) is 29.7 Å². The van der Waals surface area contributed by atoms with E-state index in [-0.39, 0.29) is 0 Å². The Morgan fingerprint density at radius 1 is 1.25 bits per heavy atom. The second kappa shape index (κ2) is 6.14. The molecule has 1 atom stereocenters. The zero-order chi connectivity index (χ0) is 13.8. The van der Waals surface area contributed by atoms with Gasteiger partial charge in [-0.15, -0.1) is 0 Å². The summed E-state index contributed by atoms with van der Waals surface area (Å²) in [5, 5.41) is 3.48. The van der Waals surface area contributed by atoms with Gasteiger partial charge in [0.2, 0.25) is 0 Å². The lowest BCUT2D eigenvalue weighted by Gasteiger charge is -2.24. The number of piperidine rings is 1. The van der Waals surface area contributed by atoms with Crippen LogP contribution >= 0.6 is 0 Å². The summed E-state index contributed by atoms with van der Waals surface area (Å²) in [7, 11) is 0. The van der Waals surface area contributed by atoms with E-state index in [0.29, 0.717) is 5.92 Å². The van der Waals surface area contributed by atoms with Crippen LogP contribution in [0, 0.1) is 6.92 Å². The minimum absolute atomic E-state index is 0.532. The molecule has 0 amide bonds. The first-order chi connectivity index (χ1) is 9.83. The fraction of sp³-hybridized carbons (Fsp3) is 0.412. The molecule has 1 fully saturated rings. The molecule has 1 unspecified atom stereocenters. The van der Waals surface area contributed by atoms with Gasteiger partial charge < -0.3 is 5.32 Å². The molecule has 1 saturated heterocycles. The van der Waals surface area contributed by atoms with Crippen LogP contribution < -0.4 is 5.32 Å². The summed E-state index contributed by atoms with van der Waals surface area (Å²) in [5.74, 6) is 1.41. The van der Waals surface area contributed by atoms with Crippen molar-refractivity contribution in [2.75, 3.05) is 13.1 Å². The Morgan fingerprint density at radius 3 is 2.85 bits per heavy atom. The van der Waals surface area contributed by atoms with E-state index in [0.717, 1.165) is 25.3 Å². The molecule has 0 radical (unpaired) electrons. The zero-order valence-corrected chi connectivity index (χ0v) is 12.0. The molecule has 0 aliphatic carbocycles. The first-order valence-corrected chi connectivity index (χ1v) is 7.40. The molecule has 20 heavy (non-hydrogen) atoms. The third-order valence-corrected chi connectivity index (χ3v) is 3.94. The van der Waals surface area contributed by atoms with E-state index in [1.54, 1.807) is 0 Å². The van der Waals surface area contributed by atoms with Crippen molar-refractivity contribution in [3.63, 3.8) is 0 Å². The van der Waals surface area contributed by atoms with E-state index in [4.69, 9.17) is 4.98 Å². The quantitative estimate of drug-likeness (QED) is 0.929. The third kappa shape index (κ3) is 3.05. The molecule has 3 nitrogen and oxygen atoms in total. The summed E-state index contributed by atoms with van der Waals surface area (Å²) in [5.41, 5.74) is 3.84. The predicted molar refractivity (Wildman–Crippen MR) is 80.9 cm³/mol. The molecular formula is C17H21N3.